The Bertz CT molecular complexity index is 768. The molecule has 1 atom stereocenters. The molecule has 2 aliphatic rings. The summed E-state index contributed by atoms with van der Waals surface area (Å²) in [7, 11) is 0. The Labute approximate surface area is 148 Å². The Morgan fingerprint density at radius 2 is 2.16 bits per heavy atom. The Morgan fingerprint density at radius 3 is 2.96 bits per heavy atom. The van der Waals surface area contributed by atoms with Crippen molar-refractivity contribution >= 4 is 5.91 Å². The van der Waals surface area contributed by atoms with Crippen LogP contribution in [0.1, 0.15) is 47.2 Å². The molecule has 1 N–H and O–H groups in total. The normalized spacial score (nSPS) is 20.4. The van der Waals surface area contributed by atoms with E-state index < -0.39 is 0 Å². The molecule has 0 unspecified atom stereocenters. The van der Waals surface area contributed by atoms with E-state index in [2.05, 4.69) is 28.2 Å². The van der Waals surface area contributed by atoms with Gasteiger partial charge in [-0.1, -0.05) is 18.2 Å². The van der Waals surface area contributed by atoms with Crippen LogP contribution in [0.2, 0.25) is 0 Å². The van der Waals surface area contributed by atoms with Crippen molar-refractivity contribution in [1.29, 1.82) is 0 Å². The lowest BCUT2D eigenvalue weighted by Gasteiger charge is -2.32. The standard InChI is InChI=1S/C20H25N3O2/c1-14-12-21-20(22-14)18-13-23(8-9-25-18)19(24)11-15-6-7-16-4-2-3-5-17(16)10-15/h6-7,10,12,18H,2-5,8-9,11,13H2,1H3,(H,21,22)/t18-/m1/s1. The number of carbonyl (C=O) groups excluding carboxylic acids is 1. The first-order valence-electron chi connectivity index (χ1n) is 9.20. The van der Waals surface area contributed by atoms with Crippen molar-refractivity contribution in [3.63, 3.8) is 0 Å². The number of imidazole rings is 1. The molecule has 0 radical (unpaired) electrons. The number of benzene rings is 1. The van der Waals surface area contributed by atoms with Gasteiger partial charge >= 0.3 is 0 Å². The van der Waals surface area contributed by atoms with Gasteiger partial charge in [-0.25, -0.2) is 4.98 Å². The molecule has 1 amide bonds. The van der Waals surface area contributed by atoms with E-state index in [0.717, 1.165) is 23.5 Å². The predicted octanol–water partition coefficient (Wildman–Crippen LogP) is 2.74. The van der Waals surface area contributed by atoms with Crippen molar-refractivity contribution in [2.75, 3.05) is 19.7 Å². The lowest BCUT2D eigenvalue weighted by molar-refractivity contribution is -0.138. The van der Waals surface area contributed by atoms with Gasteiger partial charge in [0.2, 0.25) is 5.91 Å². The third-order valence-electron chi connectivity index (χ3n) is 5.21. The van der Waals surface area contributed by atoms with E-state index in [1.54, 1.807) is 6.20 Å². The highest BCUT2D eigenvalue weighted by molar-refractivity contribution is 5.79. The molecule has 1 aromatic heterocycles. The summed E-state index contributed by atoms with van der Waals surface area (Å²) in [6, 6.07) is 6.57. The fraction of sp³-hybridized carbons (Fsp3) is 0.500. The summed E-state index contributed by atoms with van der Waals surface area (Å²) in [5.41, 5.74) is 5.03. The molecular formula is C20H25N3O2. The van der Waals surface area contributed by atoms with Gasteiger partial charge in [0.15, 0.2) is 0 Å². The van der Waals surface area contributed by atoms with Crippen LogP contribution in [-0.4, -0.2) is 40.5 Å². The lowest BCUT2D eigenvalue weighted by Crippen LogP contribution is -2.43. The van der Waals surface area contributed by atoms with Gasteiger partial charge in [0.25, 0.3) is 0 Å². The second kappa shape index (κ2) is 7.00. The highest BCUT2D eigenvalue weighted by Gasteiger charge is 2.27. The van der Waals surface area contributed by atoms with Crippen LogP contribution in [0.25, 0.3) is 0 Å². The summed E-state index contributed by atoms with van der Waals surface area (Å²) < 4.78 is 5.79. The molecule has 132 valence electrons. The van der Waals surface area contributed by atoms with Crippen LogP contribution < -0.4 is 0 Å². The second-order valence-corrected chi connectivity index (χ2v) is 7.14. The minimum absolute atomic E-state index is 0.157. The topological polar surface area (TPSA) is 58.2 Å². The fourth-order valence-corrected chi connectivity index (χ4v) is 3.82. The number of aryl methyl sites for hydroxylation is 3. The van der Waals surface area contributed by atoms with E-state index in [-0.39, 0.29) is 12.0 Å². The van der Waals surface area contributed by atoms with Gasteiger partial charge in [-0.3, -0.25) is 4.79 Å². The van der Waals surface area contributed by atoms with Crippen molar-refractivity contribution < 1.29 is 9.53 Å². The quantitative estimate of drug-likeness (QED) is 0.935. The molecule has 4 rings (SSSR count). The number of hydrogen-bond acceptors (Lipinski definition) is 3. The number of ether oxygens (including phenoxy) is 1. The number of nitrogens with one attached hydrogen (secondary N) is 1. The van der Waals surface area contributed by atoms with E-state index >= 15 is 0 Å². The summed E-state index contributed by atoms with van der Waals surface area (Å²) in [5.74, 6) is 0.983. The van der Waals surface area contributed by atoms with Gasteiger partial charge in [0.05, 0.1) is 19.6 Å². The number of aromatic amines is 1. The van der Waals surface area contributed by atoms with Crippen molar-refractivity contribution in [2.45, 2.75) is 45.1 Å². The van der Waals surface area contributed by atoms with Crippen LogP contribution in [0.4, 0.5) is 0 Å². The van der Waals surface area contributed by atoms with Crippen LogP contribution in [-0.2, 0) is 28.8 Å². The predicted molar refractivity (Wildman–Crippen MR) is 95.4 cm³/mol. The third-order valence-corrected chi connectivity index (χ3v) is 5.21. The van der Waals surface area contributed by atoms with E-state index in [0.29, 0.717) is 26.1 Å². The highest BCUT2D eigenvalue weighted by Crippen LogP contribution is 2.24. The van der Waals surface area contributed by atoms with Crippen molar-refractivity contribution in [2.24, 2.45) is 0 Å². The molecule has 0 bridgehead atoms. The van der Waals surface area contributed by atoms with Crippen molar-refractivity contribution in [1.82, 2.24) is 14.9 Å². The second-order valence-electron chi connectivity index (χ2n) is 7.14. The minimum Gasteiger partial charge on any atom is -0.367 e. The lowest BCUT2D eigenvalue weighted by atomic mass is 9.90. The Hall–Kier alpha value is -2.14. The van der Waals surface area contributed by atoms with Gasteiger partial charge < -0.3 is 14.6 Å². The smallest absolute Gasteiger partial charge is 0.227 e. The molecule has 1 saturated heterocycles. The number of morpholine rings is 1. The average molecular weight is 339 g/mol. The number of nitrogens with zero attached hydrogens (tertiary/aromatic N) is 2. The summed E-state index contributed by atoms with van der Waals surface area (Å²) >= 11 is 0. The maximum absolute atomic E-state index is 12.8. The van der Waals surface area contributed by atoms with Gasteiger partial charge in [-0.05, 0) is 49.3 Å². The molecule has 1 aliphatic heterocycles. The van der Waals surface area contributed by atoms with Gasteiger partial charge in [-0.15, -0.1) is 0 Å². The summed E-state index contributed by atoms with van der Waals surface area (Å²) in [4.78, 5) is 22.2. The first-order chi connectivity index (χ1) is 12.2. The number of hydrogen-bond donors (Lipinski definition) is 1. The number of rotatable bonds is 3. The first kappa shape index (κ1) is 16.3. The van der Waals surface area contributed by atoms with Crippen LogP contribution in [0.3, 0.4) is 0 Å². The Morgan fingerprint density at radius 1 is 1.32 bits per heavy atom. The van der Waals surface area contributed by atoms with E-state index in [9.17, 15) is 4.79 Å². The Balaban J connectivity index is 1.42. The molecule has 2 heterocycles. The molecule has 1 aromatic carbocycles. The van der Waals surface area contributed by atoms with Crippen LogP contribution in [0.15, 0.2) is 24.4 Å². The third kappa shape index (κ3) is 3.61. The molecule has 1 aliphatic carbocycles. The molecule has 5 heteroatoms. The zero-order valence-electron chi connectivity index (χ0n) is 14.8. The van der Waals surface area contributed by atoms with Crippen molar-refractivity contribution in [3.05, 3.63) is 52.6 Å². The van der Waals surface area contributed by atoms with Crippen LogP contribution in [0, 0.1) is 6.92 Å². The van der Waals surface area contributed by atoms with Crippen molar-refractivity contribution in [3.8, 4) is 0 Å². The largest absolute Gasteiger partial charge is 0.367 e. The molecule has 1 fully saturated rings. The molecule has 5 nitrogen and oxygen atoms in total. The average Bonchev–Trinajstić information content (AvgIpc) is 3.08. The first-order valence-corrected chi connectivity index (χ1v) is 9.20. The van der Waals surface area contributed by atoms with Crippen LogP contribution in [0.5, 0.6) is 0 Å². The fourth-order valence-electron chi connectivity index (χ4n) is 3.82. The SMILES string of the molecule is Cc1cnc([C@H]2CN(C(=O)Cc3ccc4c(c3)CCCC4)CCO2)[nH]1. The maximum atomic E-state index is 12.8. The molecule has 0 spiro atoms. The highest BCUT2D eigenvalue weighted by atomic mass is 16.5. The maximum Gasteiger partial charge on any atom is 0.227 e. The minimum atomic E-state index is -0.157. The number of aromatic nitrogens is 2. The van der Waals surface area contributed by atoms with E-state index in [1.807, 2.05) is 11.8 Å². The monoisotopic (exact) mass is 339 g/mol. The summed E-state index contributed by atoms with van der Waals surface area (Å²) in [6.45, 7) is 3.75. The van der Waals surface area contributed by atoms with Gasteiger partial charge in [-0.2, -0.15) is 0 Å². The van der Waals surface area contributed by atoms with E-state index in [4.69, 9.17) is 4.74 Å². The van der Waals surface area contributed by atoms with Gasteiger partial charge in [0, 0.05) is 18.4 Å². The number of H-pyrrole nitrogens is 1. The molecule has 2 aromatic rings. The Kier molecular flexibility index (Phi) is 4.57. The molecular weight excluding hydrogens is 314 g/mol. The van der Waals surface area contributed by atoms with Gasteiger partial charge in [0.1, 0.15) is 11.9 Å². The molecule has 25 heavy (non-hydrogen) atoms. The summed E-state index contributed by atoms with van der Waals surface area (Å²) in [5, 5.41) is 0. The molecule has 0 saturated carbocycles. The summed E-state index contributed by atoms with van der Waals surface area (Å²) in [6.07, 6.45) is 6.98. The van der Waals surface area contributed by atoms with Crippen LogP contribution >= 0.6 is 0 Å². The number of carbonyl (C=O) groups is 1. The number of amides is 1. The van der Waals surface area contributed by atoms with E-state index in [1.165, 1.54) is 30.4 Å². The number of fused-ring (bicyclic) bond motifs is 1. The zero-order chi connectivity index (χ0) is 17.2. The zero-order valence-corrected chi connectivity index (χ0v) is 14.8.